The highest BCUT2D eigenvalue weighted by atomic mass is 32.1. The summed E-state index contributed by atoms with van der Waals surface area (Å²) in [6.07, 6.45) is 5.84. The van der Waals surface area contributed by atoms with Crippen molar-refractivity contribution in [1.29, 1.82) is 0 Å². The molecule has 5 nitrogen and oxygen atoms in total. The molecule has 1 heterocycles. The molecule has 4 rings (SSSR count). The van der Waals surface area contributed by atoms with Crippen LogP contribution in [0.4, 0.5) is 5.69 Å². The van der Waals surface area contributed by atoms with Gasteiger partial charge in [-0.1, -0.05) is 54.5 Å². The van der Waals surface area contributed by atoms with Crippen molar-refractivity contribution in [3.63, 3.8) is 0 Å². The predicted molar refractivity (Wildman–Crippen MR) is 133 cm³/mol. The molecule has 1 aromatic heterocycles. The summed E-state index contributed by atoms with van der Waals surface area (Å²) in [6, 6.07) is 24.5. The fourth-order valence-electron chi connectivity index (χ4n) is 3.66. The van der Waals surface area contributed by atoms with Crippen molar-refractivity contribution in [3.05, 3.63) is 95.0 Å². The molecule has 0 aliphatic carbocycles. The first kappa shape index (κ1) is 22.3. The number of hydrogen-bond acceptors (Lipinski definition) is 4. The summed E-state index contributed by atoms with van der Waals surface area (Å²) in [5.74, 6) is 1.97. The number of rotatable bonds is 7. The van der Waals surface area contributed by atoms with Crippen LogP contribution in [0.2, 0.25) is 0 Å². The van der Waals surface area contributed by atoms with Gasteiger partial charge in [0, 0.05) is 17.7 Å². The third-order valence-electron chi connectivity index (χ3n) is 5.48. The summed E-state index contributed by atoms with van der Waals surface area (Å²) < 4.78 is 1.08. The lowest BCUT2D eigenvalue weighted by Crippen LogP contribution is -2.46. The molecule has 164 valence electrons. The van der Waals surface area contributed by atoms with Crippen LogP contribution >= 0.6 is 11.3 Å². The highest BCUT2D eigenvalue weighted by Gasteiger charge is 2.36. The number of fused-ring (bicyclic) bond motifs is 1. The number of anilines is 1. The molecule has 33 heavy (non-hydrogen) atoms. The van der Waals surface area contributed by atoms with Gasteiger partial charge in [0.25, 0.3) is 0 Å². The number of benzene rings is 3. The van der Waals surface area contributed by atoms with Gasteiger partial charge in [-0.3, -0.25) is 9.59 Å². The fourth-order valence-corrected chi connectivity index (χ4v) is 4.79. The third kappa shape index (κ3) is 5.11. The van der Waals surface area contributed by atoms with Crippen LogP contribution in [0.25, 0.3) is 10.2 Å². The minimum Gasteiger partial charge on any atom is -0.346 e. The van der Waals surface area contributed by atoms with Gasteiger partial charge in [0.05, 0.1) is 27.2 Å². The van der Waals surface area contributed by atoms with E-state index in [-0.39, 0.29) is 18.4 Å². The van der Waals surface area contributed by atoms with Gasteiger partial charge in [-0.05, 0) is 42.8 Å². The minimum atomic E-state index is -0.890. The van der Waals surface area contributed by atoms with Crippen molar-refractivity contribution in [2.24, 2.45) is 0 Å². The summed E-state index contributed by atoms with van der Waals surface area (Å²) in [4.78, 5) is 30.6. The number of carbonyl (C=O) groups is 2. The Kier molecular flexibility index (Phi) is 6.53. The lowest BCUT2D eigenvalue weighted by atomic mass is 9.78. The summed E-state index contributed by atoms with van der Waals surface area (Å²) in [5, 5.41) is 6.45. The van der Waals surface area contributed by atoms with Crippen molar-refractivity contribution >= 4 is 39.1 Å². The topological polar surface area (TPSA) is 71.1 Å². The Morgan fingerprint density at radius 2 is 1.79 bits per heavy atom. The molecule has 1 atom stereocenters. The Morgan fingerprint density at radius 1 is 1.03 bits per heavy atom. The molecule has 0 aliphatic rings. The minimum absolute atomic E-state index is 0.151. The quantitative estimate of drug-likeness (QED) is 0.404. The number of nitrogens with one attached hydrogen (secondary N) is 2. The van der Waals surface area contributed by atoms with Gasteiger partial charge in [-0.15, -0.1) is 17.8 Å². The number of carbonyl (C=O) groups excluding carboxylic acids is 2. The summed E-state index contributed by atoms with van der Waals surface area (Å²) in [5.41, 5.74) is 2.15. The maximum atomic E-state index is 13.4. The summed E-state index contributed by atoms with van der Waals surface area (Å²) in [6.45, 7) is 1.74. The van der Waals surface area contributed by atoms with Gasteiger partial charge in [0.15, 0.2) is 0 Å². The van der Waals surface area contributed by atoms with Crippen LogP contribution in [0.3, 0.4) is 0 Å². The van der Waals surface area contributed by atoms with E-state index in [4.69, 9.17) is 11.4 Å². The molecule has 0 saturated heterocycles. The van der Waals surface area contributed by atoms with E-state index in [1.807, 2.05) is 61.5 Å². The Balaban J connectivity index is 1.51. The molecule has 1 unspecified atom stereocenters. The Hall–Kier alpha value is -3.95. The smallest absolute Gasteiger partial charge is 0.243 e. The molecular weight excluding hydrogens is 430 g/mol. The van der Waals surface area contributed by atoms with Crippen LogP contribution in [0.1, 0.15) is 23.1 Å². The zero-order valence-corrected chi connectivity index (χ0v) is 19.0. The number of nitrogens with zero attached hydrogens (tertiary/aromatic N) is 1. The van der Waals surface area contributed by atoms with Gasteiger partial charge in [-0.25, -0.2) is 4.98 Å². The van der Waals surface area contributed by atoms with Crippen LogP contribution in [0.5, 0.6) is 0 Å². The summed E-state index contributed by atoms with van der Waals surface area (Å²) >= 11 is 1.58. The maximum absolute atomic E-state index is 13.4. The lowest BCUT2D eigenvalue weighted by Gasteiger charge is -2.28. The number of hydrogen-bond donors (Lipinski definition) is 2. The van der Waals surface area contributed by atoms with Crippen LogP contribution in [0, 0.1) is 12.3 Å². The van der Waals surface area contributed by atoms with Gasteiger partial charge in [-0.2, -0.15) is 0 Å². The Labute approximate surface area is 196 Å². The monoisotopic (exact) mass is 453 g/mol. The fraction of sp³-hybridized carbons (Fsp3) is 0.148. The molecule has 0 fully saturated rings. The first-order chi connectivity index (χ1) is 16.0. The number of terminal acetylenes is 1. The van der Waals surface area contributed by atoms with E-state index in [1.165, 1.54) is 0 Å². The second-order valence-corrected chi connectivity index (χ2v) is 9.02. The van der Waals surface area contributed by atoms with E-state index in [1.54, 1.807) is 35.6 Å². The SMILES string of the molecule is C#Cc1cccc(NC(=O)CNC(=O)C(C)(Cc2nc3ccccc3s2)c2ccccc2)c1. The first-order valence-corrected chi connectivity index (χ1v) is 11.3. The van der Waals surface area contributed by atoms with Crippen LogP contribution in [0.15, 0.2) is 78.9 Å². The molecule has 0 radical (unpaired) electrons. The highest BCUT2D eigenvalue weighted by Crippen LogP contribution is 2.32. The number of thiazole rings is 1. The third-order valence-corrected chi connectivity index (χ3v) is 6.51. The molecule has 2 N–H and O–H groups in total. The van der Waals surface area contributed by atoms with Crippen molar-refractivity contribution < 1.29 is 9.59 Å². The Bertz CT molecular complexity index is 1310. The first-order valence-electron chi connectivity index (χ1n) is 10.5. The molecule has 2 amide bonds. The van der Waals surface area contributed by atoms with E-state index >= 15 is 0 Å². The zero-order valence-electron chi connectivity index (χ0n) is 18.2. The highest BCUT2D eigenvalue weighted by molar-refractivity contribution is 7.18. The van der Waals surface area contributed by atoms with Crippen molar-refractivity contribution in [2.45, 2.75) is 18.8 Å². The lowest BCUT2D eigenvalue weighted by molar-refractivity contribution is -0.128. The molecule has 6 heteroatoms. The normalized spacial score (nSPS) is 12.5. The largest absolute Gasteiger partial charge is 0.346 e. The second-order valence-electron chi connectivity index (χ2n) is 7.91. The number of para-hydroxylation sites is 1. The molecule has 0 aliphatic heterocycles. The van der Waals surface area contributed by atoms with Gasteiger partial charge >= 0.3 is 0 Å². The standard InChI is InChI=1S/C27H23N3O2S/c1-3-19-10-9-13-21(16-19)29-24(31)18-28-26(32)27(2,20-11-5-4-6-12-20)17-25-30-22-14-7-8-15-23(22)33-25/h1,4-16H,17-18H2,2H3,(H,28,32)(H,29,31). The van der Waals surface area contributed by atoms with E-state index in [9.17, 15) is 9.59 Å². The van der Waals surface area contributed by atoms with Crippen LogP contribution < -0.4 is 10.6 Å². The molecule has 4 aromatic rings. The molecule has 3 aromatic carbocycles. The van der Waals surface area contributed by atoms with Crippen LogP contribution in [-0.4, -0.2) is 23.3 Å². The average Bonchev–Trinajstić information content (AvgIpc) is 3.25. The number of amides is 2. The van der Waals surface area contributed by atoms with Crippen LogP contribution in [-0.2, 0) is 21.4 Å². The van der Waals surface area contributed by atoms with E-state index < -0.39 is 5.41 Å². The second kappa shape index (κ2) is 9.68. The van der Waals surface area contributed by atoms with Crippen molar-refractivity contribution in [3.8, 4) is 12.3 Å². The van der Waals surface area contributed by atoms with E-state index in [2.05, 4.69) is 16.6 Å². The van der Waals surface area contributed by atoms with E-state index in [0.29, 0.717) is 17.7 Å². The Morgan fingerprint density at radius 3 is 2.55 bits per heavy atom. The van der Waals surface area contributed by atoms with Crippen molar-refractivity contribution in [2.75, 3.05) is 11.9 Å². The summed E-state index contributed by atoms with van der Waals surface area (Å²) in [7, 11) is 0. The number of aromatic nitrogens is 1. The van der Waals surface area contributed by atoms with Gasteiger partial charge < -0.3 is 10.6 Å². The van der Waals surface area contributed by atoms with E-state index in [0.717, 1.165) is 20.8 Å². The molecule has 0 spiro atoms. The molecule has 0 bridgehead atoms. The molecule has 0 saturated carbocycles. The molecular formula is C27H23N3O2S. The van der Waals surface area contributed by atoms with Gasteiger partial charge in [0.2, 0.25) is 11.8 Å². The van der Waals surface area contributed by atoms with Gasteiger partial charge in [0.1, 0.15) is 0 Å². The zero-order chi connectivity index (χ0) is 23.3. The van der Waals surface area contributed by atoms with Crippen molar-refractivity contribution in [1.82, 2.24) is 10.3 Å². The maximum Gasteiger partial charge on any atom is 0.243 e. The predicted octanol–water partition coefficient (Wildman–Crippen LogP) is 4.53. The average molecular weight is 454 g/mol.